The second-order valence-corrected chi connectivity index (χ2v) is 5.41. The molecule has 7 heteroatoms. The number of aryl methyl sites for hydroxylation is 1. The number of aromatic nitrogens is 3. The number of pyridine rings is 1. The van der Waals surface area contributed by atoms with E-state index in [9.17, 15) is 9.18 Å². The molecule has 0 saturated carbocycles. The number of rotatable bonds is 3. The summed E-state index contributed by atoms with van der Waals surface area (Å²) in [5.74, 6) is 0.871. The number of nitrogens with zero attached hydrogens (tertiary/aromatic N) is 4. The van der Waals surface area contributed by atoms with Gasteiger partial charge in [-0.05, 0) is 31.9 Å². The van der Waals surface area contributed by atoms with Gasteiger partial charge in [0.25, 0.3) is 0 Å². The maximum Gasteiger partial charge on any atom is 0.323 e. The number of anilines is 1. The van der Waals surface area contributed by atoms with Crippen LogP contribution in [0, 0.1) is 12.7 Å². The average molecular weight is 303 g/mol. The van der Waals surface area contributed by atoms with Crippen LogP contribution in [0.25, 0.3) is 0 Å². The lowest BCUT2D eigenvalue weighted by Gasteiger charge is -2.25. The minimum Gasteiger partial charge on any atom is -0.333 e. The van der Waals surface area contributed by atoms with Crippen LogP contribution in [0.1, 0.15) is 18.7 Å². The Balaban J connectivity index is 1.66. The smallest absolute Gasteiger partial charge is 0.323 e. The summed E-state index contributed by atoms with van der Waals surface area (Å²) in [5.41, 5.74) is 0. The SMILES string of the molecule is Cc1nccn1CC1CCCN1C(=O)Nc1ccc(F)cn1. The van der Waals surface area contributed by atoms with Crippen molar-refractivity contribution in [2.75, 3.05) is 11.9 Å². The van der Waals surface area contributed by atoms with Crippen LogP contribution < -0.4 is 5.32 Å². The van der Waals surface area contributed by atoms with Crippen LogP contribution >= 0.6 is 0 Å². The summed E-state index contributed by atoms with van der Waals surface area (Å²) in [6.45, 7) is 3.39. The molecule has 2 aromatic heterocycles. The first-order valence-corrected chi connectivity index (χ1v) is 7.30. The number of hydrogen-bond acceptors (Lipinski definition) is 3. The van der Waals surface area contributed by atoms with Gasteiger partial charge < -0.3 is 9.47 Å². The molecule has 22 heavy (non-hydrogen) atoms. The van der Waals surface area contributed by atoms with Gasteiger partial charge >= 0.3 is 6.03 Å². The van der Waals surface area contributed by atoms with Crippen molar-refractivity contribution in [3.63, 3.8) is 0 Å². The van der Waals surface area contributed by atoms with Crippen LogP contribution in [0.3, 0.4) is 0 Å². The third-order valence-electron chi connectivity index (χ3n) is 3.93. The van der Waals surface area contributed by atoms with Crippen LogP contribution in [0.2, 0.25) is 0 Å². The normalized spacial score (nSPS) is 17.7. The van der Waals surface area contributed by atoms with Crippen molar-refractivity contribution in [1.29, 1.82) is 0 Å². The molecule has 1 aliphatic rings. The third-order valence-corrected chi connectivity index (χ3v) is 3.93. The molecule has 3 heterocycles. The van der Waals surface area contributed by atoms with Crippen molar-refractivity contribution < 1.29 is 9.18 Å². The van der Waals surface area contributed by atoms with E-state index in [0.717, 1.165) is 31.4 Å². The van der Waals surface area contributed by atoms with Gasteiger partial charge in [0.05, 0.1) is 12.2 Å². The van der Waals surface area contributed by atoms with Gasteiger partial charge in [0, 0.05) is 25.5 Å². The fourth-order valence-corrected chi connectivity index (χ4v) is 2.75. The number of halogens is 1. The second kappa shape index (κ2) is 6.13. The molecule has 1 fully saturated rings. The van der Waals surface area contributed by atoms with Gasteiger partial charge in [-0.1, -0.05) is 0 Å². The lowest BCUT2D eigenvalue weighted by atomic mass is 10.2. The number of carbonyl (C=O) groups is 1. The van der Waals surface area contributed by atoms with E-state index >= 15 is 0 Å². The van der Waals surface area contributed by atoms with Crippen molar-refractivity contribution >= 4 is 11.8 Å². The Hall–Kier alpha value is -2.44. The maximum atomic E-state index is 12.8. The standard InChI is InChI=1S/C15H18FN5O/c1-11-17-6-8-20(11)10-13-3-2-7-21(13)15(22)19-14-5-4-12(16)9-18-14/h4-6,8-9,13H,2-3,7,10H2,1H3,(H,18,19,22). The molecular formula is C15H18FN5O. The molecule has 0 bridgehead atoms. The highest BCUT2D eigenvalue weighted by atomic mass is 19.1. The van der Waals surface area contributed by atoms with E-state index in [1.54, 1.807) is 6.20 Å². The Morgan fingerprint density at radius 2 is 2.32 bits per heavy atom. The van der Waals surface area contributed by atoms with Gasteiger partial charge in [0.15, 0.2) is 0 Å². The number of carbonyl (C=O) groups excluding carboxylic acids is 1. The highest BCUT2D eigenvalue weighted by Crippen LogP contribution is 2.20. The van der Waals surface area contributed by atoms with Crippen LogP contribution in [0.5, 0.6) is 0 Å². The topological polar surface area (TPSA) is 63.1 Å². The van der Waals surface area contributed by atoms with Crippen molar-refractivity contribution in [3.8, 4) is 0 Å². The van der Waals surface area contributed by atoms with Crippen molar-refractivity contribution in [2.24, 2.45) is 0 Å². The van der Waals surface area contributed by atoms with E-state index < -0.39 is 5.82 Å². The first-order valence-electron chi connectivity index (χ1n) is 7.30. The molecule has 1 N–H and O–H groups in total. The fourth-order valence-electron chi connectivity index (χ4n) is 2.75. The molecule has 1 unspecified atom stereocenters. The summed E-state index contributed by atoms with van der Waals surface area (Å²) in [6, 6.07) is 2.67. The maximum absolute atomic E-state index is 12.8. The predicted octanol–water partition coefficient (Wildman–Crippen LogP) is 2.42. The Morgan fingerprint density at radius 1 is 1.45 bits per heavy atom. The highest BCUT2D eigenvalue weighted by Gasteiger charge is 2.29. The van der Waals surface area contributed by atoms with Crippen molar-refractivity contribution in [2.45, 2.75) is 32.4 Å². The summed E-state index contributed by atoms with van der Waals surface area (Å²) in [6.07, 6.45) is 6.71. The second-order valence-electron chi connectivity index (χ2n) is 5.41. The molecule has 0 aliphatic carbocycles. The predicted molar refractivity (Wildman–Crippen MR) is 79.9 cm³/mol. The summed E-state index contributed by atoms with van der Waals surface area (Å²) in [5, 5.41) is 2.72. The van der Waals surface area contributed by atoms with Gasteiger partial charge in [0.2, 0.25) is 0 Å². The number of urea groups is 1. The number of likely N-dealkylation sites (tertiary alicyclic amines) is 1. The molecule has 3 rings (SSSR count). The minimum atomic E-state index is -0.423. The number of imidazole rings is 1. The molecular weight excluding hydrogens is 285 g/mol. The first-order chi connectivity index (χ1) is 10.6. The summed E-state index contributed by atoms with van der Waals surface area (Å²) >= 11 is 0. The number of nitrogens with one attached hydrogen (secondary N) is 1. The summed E-state index contributed by atoms with van der Waals surface area (Å²) in [7, 11) is 0. The quantitative estimate of drug-likeness (QED) is 0.947. The summed E-state index contributed by atoms with van der Waals surface area (Å²) in [4.78, 5) is 22.2. The molecule has 1 aliphatic heterocycles. The fraction of sp³-hybridized carbons (Fsp3) is 0.400. The van der Waals surface area contributed by atoms with Crippen LogP contribution in [0.15, 0.2) is 30.7 Å². The van der Waals surface area contributed by atoms with Gasteiger partial charge in [-0.25, -0.2) is 19.2 Å². The van der Waals surface area contributed by atoms with E-state index in [4.69, 9.17) is 0 Å². The largest absolute Gasteiger partial charge is 0.333 e. The van der Waals surface area contributed by atoms with Gasteiger partial charge in [-0.3, -0.25) is 5.32 Å². The Morgan fingerprint density at radius 3 is 3.00 bits per heavy atom. The van der Waals surface area contributed by atoms with E-state index in [0.29, 0.717) is 12.4 Å². The zero-order valence-electron chi connectivity index (χ0n) is 12.4. The molecule has 6 nitrogen and oxygen atoms in total. The Bertz CT molecular complexity index is 654. The van der Waals surface area contributed by atoms with Gasteiger partial charge in [-0.2, -0.15) is 0 Å². The molecule has 1 saturated heterocycles. The Kier molecular flexibility index (Phi) is 4.04. The molecule has 1 atom stereocenters. The minimum absolute atomic E-state index is 0.133. The molecule has 0 radical (unpaired) electrons. The zero-order chi connectivity index (χ0) is 15.5. The van der Waals surface area contributed by atoms with Gasteiger partial charge in [0.1, 0.15) is 17.5 Å². The third kappa shape index (κ3) is 3.08. The molecule has 0 spiro atoms. The van der Waals surface area contributed by atoms with Gasteiger partial charge in [-0.15, -0.1) is 0 Å². The zero-order valence-corrected chi connectivity index (χ0v) is 12.4. The van der Waals surface area contributed by atoms with E-state index in [2.05, 4.69) is 15.3 Å². The monoisotopic (exact) mass is 303 g/mol. The average Bonchev–Trinajstić information content (AvgIpc) is 3.12. The summed E-state index contributed by atoms with van der Waals surface area (Å²) < 4.78 is 14.9. The van der Waals surface area contributed by atoms with E-state index in [1.807, 2.05) is 22.6 Å². The molecule has 2 amide bonds. The van der Waals surface area contributed by atoms with Crippen LogP contribution in [0.4, 0.5) is 15.0 Å². The van der Waals surface area contributed by atoms with Crippen molar-refractivity contribution in [1.82, 2.24) is 19.4 Å². The Labute approximate surface area is 128 Å². The highest BCUT2D eigenvalue weighted by molar-refractivity contribution is 5.88. The number of hydrogen-bond donors (Lipinski definition) is 1. The first kappa shape index (κ1) is 14.5. The molecule has 2 aromatic rings. The molecule has 116 valence electrons. The van der Waals surface area contributed by atoms with Crippen LogP contribution in [-0.2, 0) is 6.54 Å². The molecule has 0 aromatic carbocycles. The van der Waals surface area contributed by atoms with E-state index in [1.165, 1.54) is 12.1 Å². The van der Waals surface area contributed by atoms with Crippen molar-refractivity contribution in [3.05, 3.63) is 42.4 Å². The lowest BCUT2D eigenvalue weighted by molar-refractivity contribution is 0.200. The van der Waals surface area contributed by atoms with Crippen LogP contribution in [-0.4, -0.2) is 38.1 Å². The number of amides is 2. The van der Waals surface area contributed by atoms with E-state index in [-0.39, 0.29) is 12.1 Å². The lowest BCUT2D eigenvalue weighted by Crippen LogP contribution is -2.41.